The van der Waals surface area contributed by atoms with Gasteiger partial charge in [-0.15, -0.1) is 0 Å². The van der Waals surface area contributed by atoms with Crippen LogP contribution in [0.25, 0.3) is 23.0 Å². The first-order valence-electron chi connectivity index (χ1n) is 9.83. The van der Waals surface area contributed by atoms with E-state index >= 15 is 0 Å². The van der Waals surface area contributed by atoms with Crippen molar-refractivity contribution in [3.8, 4) is 22.7 Å². The maximum atomic E-state index is 12.8. The van der Waals surface area contributed by atoms with Crippen LogP contribution in [0.5, 0.6) is 5.75 Å². The molecule has 154 valence electrons. The molecular weight excluding hydrogens is 452 g/mol. The monoisotopic (exact) mass is 472 g/mol. The molecule has 1 aromatic heterocycles. The van der Waals surface area contributed by atoms with Gasteiger partial charge in [-0.1, -0.05) is 48.0 Å². The largest absolute Gasteiger partial charge is 0.496 e. The summed E-state index contributed by atoms with van der Waals surface area (Å²) in [6.07, 6.45) is 5.35. The van der Waals surface area contributed by atoms with E-state index in [0.717, 1.165) is 27.0 Å². The highest BCUT2D eigenvalue weighted by Crippen LogP contribution is 2.27. The summed E-state index contributed by atoms with van der Waals surface area (Å²) in [6, 6.07) is 23.4. The van der Waals surface area contributed by atoms with Gasteiger partial charge < -0.3 is 4.74 Å². The van der Waals surface area contributed by atoms with E-state index in [-0.39, 0.29) is 5.78 Å². The highest BCUT2D eigenvalue weighted by Gasteiger charge is 2.12. The van der Waals surface area contributed by atoms with Gasteiger partial charge in [0.15, 0.2) is 5.78 Å². The molecule has 4 rings (SSSR count). The number of benzene rings is 3. The Morgan fingerprint density at radius 1 is 1.03 bits per heavy atom. The molecule has 0 spiro atoms. The van der Waals surface area contributed by atoms with E-state index in [1.54, 1.807) is 31.4 Å². The number of aromatic nitrogens is 2. The molecule has 4 nitrogen and oxygen atoms in total. The first kappa shape index (κ1) is 20.8. The number of hydrogen-bond donors (Lipinski definition) is 0. The number of nitrogens with zero attached hydrogens (tertiary/aromatic N) is 2. The quantitative estimate of drug-likeness (QED) is 0.237. The third-order valence-electron chi connectivity index (χ3n) is 4.94. The number of para-hydroxylation sites is 1. The van der Waals surface area contributed by atoms with E-state index in [4.69, 9.17) is 9.84 Å². The van der Waals surface area contributed by atoms with Crippen molar-refractivity contribution < 1.29 is 9.53 Å². The lowest BCUT2D eigenvalue weighted by atomic mass is 10.0. The first-order chi connectivity index (χ1) is 15.0. The predicted molar refractivity (Wildman–Crippen MR) is 128 cm³/mol. The topological polar surface area (TPSA) is 44.1 Å². The van der Waals surface area contributed by atoms with Crippen LogP contribution in [0.2, 0.25) is 0 Å². The fourth-order valence-corrected chi connectivity index (χ4v) is 3.78. The first-order valence-corrected chi connectivity index (χ1v) is 10.6. The van der Waals surface area contributed by atoms with E-state index in [1.165, 1.54) is 5.56 Å². The van der Waals surface area contributed by atoms with Gasteiger partial charge in [0.05, 0.1) is 23.0 Å². The molecule has 0 fully saturated rings. The average molecular weight is 473 g/mol. The molecule has 0 saturated heterocycles. The molecule has 31 heavy (non-hydrogen) atoms. The Balaban J connectivity index is 1.70. The van der Waals surface area contributed by atoms with Crippen LogP contribution >= 0.6 is 15.9 Å². The van der Waals surface area contributed by atoms with E-state index < -0.39 is 0 Å². The fourth-order valence-electron chi connectivity index (χ4n) is 3.24. The van der Waals surface area contributed by atoms with Crippen molar-refractivity contribution in [3.63, 3.8) is 0 Å². The molecule has 0 atom stereocenters. The molecule has 0 N–H and O–H groups in total. The van der Waals surface area contributed by atoms with Crippen LogP contribution in [-0.4, -0.2) is 22.7 Å². The van der Waals surface area contributed by atoms with Gasteiger partial charge in [-0.25, -0.2) is 4.68 Å². The Morgan fingerprint density at radius 2 is 1.77 bits per heavy atom. The van der Waals surface area contributed by atoms with Crippen molar-refractivity contribution >= 4 is 27.8 Å². The molecule has 0 unspecified atom stereocenters. The Morgan fingerprint density at radius 3 is 2.45 bits per heavy atom. The number of ketones is 1. The number of ether oxygens (including phenoxy) is 1. The van der Waals surface area contributed by atoms with Crippen molar-refractivity contribution in [2.45, 2.75) is 6.92 Å². The lowest BCUT2D eigenvalue weighted by molar-refractivity contribution is 0.104. The highest BCUT2D eigenvalue weighted by atomic mass is 79.9. The second kappa shape index (κ2) is 9.14. The Labute approximate surface area is 189 Å². The summed E-state index contributed by atoms with van der Waals surface area (Å²) in [5.41, 5.74) is 5.41. The lowest BCUT2D eigenvalue weighted by Crippen LogP contribution is -1.95. The van der Waals surface area contributed by atoms with Crippen LogP contribution in [0.3, 0.4) is 0 Å². The summed E-state index contributed by atoms with van der Waals surface area (Å²) in [5.74, 6) is 0.594. The van der Waals surface area contributed by atoms with Crippen LogP contribution in [0.1, 0.15) is 21.5 Å². The molecule has 0 aliphatic heterocycles. The molecule has 0 aliphatic carbocycles. The lowest BCUT2D eigenvalue weighted by Gasteiger charge is -2.04. The van der Waals surface area contributed by atoms with Gasteiger partial charge in [-0.2, -0.15) is 5.10 Å². The smallest absolute Gasteiger partial charge is 0.185 e. The number of aryl methyl sites for hydroxylation is 1. The molecule has 0 aliphatic rings. The molecule has 3 aromatic carbocycles. The number of hydrogen-bond acceptors (Lipinski definition) is 3. The van der Waals surface area contributed by atoms with Crippen molar-refractivity contribution in [1.29, 1.82) is 0 Å². The van der Waals surface area contributed by atoms with Crippen LogP contribution in [-0.2, 0) is 0 Å². The third kappa shape index (κ3) is 4.67. The van der Waals surface area contributed by atoms with Gasteiger partial charge in [-0.05, 0) is 65.3 Å². The third-order valence-corrected chi connectivity index (χ3v) is 5.56. The van der Waals surface area contributed by atoms with E-state index in [9.17, 15) is 4.79 Å². The van der Waals surface area contributed by atoms with E-state index in [0.29, 0.717) is 11.3 Å². The van der Waals surface area contributed by atoms with Crippen molar-refractivity contribution in [1.82, 2.24) is 9.78 Å². The zero-order valence-corrected chi connectivity index (χ0v) is 18.8. The highest BCUT2D eigenvalue weighted by molar-refractivity contribution is 9.10. The van der Waals surface area contributed by atoms with Crippen molar-refractivity contribution in [2.75, 3.05) is 7.11 Å². The standard InChI is InChI=1S/C26H21BrN2O2/c1-18-8-10-19(11-9-18)26-21(17-29(28-26)22-6-4-3-5-7-22)12-14-24(30)20-13-15-25(31-2)23(27)16-20/h3-17H,1-2H3. The normalized spacial score (nSPS) is 11.1. The number of allylic oxidation sites excluding steroid dienone is 1. The minimum absolute atomic E-state index is 0.0920. The zero-order chi connectivity index (χ0) is 21.8. The van der Waals surface area contributed by atoms with Crippen molar-refractivity contribution in [2.24, 2.45) is 0 Å². The van der Waals surface area contributed by atoms with Gasteiger partial charge >= 0.3 is 0 Å². The van der Waals surface area contributed by atoms with Crippen LogP contribution in [0, 0.1) is 6.92 Å². The number of carbonyl (C=O) groups excluding carboxylic acids is 1. The fraction of sp³-hybridized carbons (Fsp3) is 0.0769. The predicted octanol–water partition coefficient (Wildman–Crippen LogP) is 6.51. The van der Waals surface area contributed by atoms with Crippen molar-refractivity contribution in [3.05, 3.63) is 106 Å². The maximum Gasteiger partial charge on any atom is 0.185 e. The average Bonchev–Trinajstić information content (AvgIpc) is 3.23. The number of halogens is 1. The van der Waals surface area contributed by atoms with Gasteiger partial charge in [0.25, 0.3) is 0 Å². The summed E-state index contributed by atoms with van der Waals surface area (Å²) >= 11 is 3.43. The summed E-state index contributed by atoms with van der Waals surface area (Å²) in [4.78, 5) is 12.8. The van der Waals surface area contributed by atoms with Crippen LogP contribution in [0.15, 0.2) is 89.5 Å². The molecule has 1 heterocycles. The number of rotatable bonds is 6. The van der Waals surface area contributed by atoms with Gasteiger partial charge in [-0.3, -0.25) is 4.79 Å². The minimum atomic E-state index is -0.0920. The van der Waals surface area contributed by atoms with E-state index in [1.807, 2.05) is 59.4 Å². The van der Waals surface area contributed by atoms with Gasteiger partial charge in [0, 0.05) is 22.9 Å². The zero-order valence-electron chi connectivity index (χ0n) is 17.2. The minimum Gasteiger partial charge on any atom is -0.496 e. The van der Waals surface area contributed by atoms with Crippen LogP contribution in [0.4, 0.5) is 0 Å². The van der Waals surface area contributed by atoms with E-state index in [2.05, 4.69) is 35.0 Å². The molecule has 5 heteroatoms. The Kier molecular flexibility index (Phi) is 6.14. The molecule has 0 saturated carbocycles. The molecule has 4 aromatic rings. The second-order valence-electron chi connectivity index (χ2n) is 7.13. The second-order valence-corrected chi connectivity index (χ2v) is 7.98. The van der Waals surface area contributed by atoms with Gasteiger partial charge in [0.2, 0.25) is 0 Å². The maximum absolute atomic E-state index is 12.8. The summed E-state index contributed by atoms with van der Waals surface area (Å²) in [7, 11) is 1.60. The number of carbonyl (C=O) groups is 1. The van der Waals surface area contributed by atoms with Gasteiger partial charge in [0.1, 0.15) is 5.75 Å². The molecule has 0 amide bonds. The molecule has 0 radical (unpaired) electrons. The summed E-state index contributed by atoms with van der Waals surface area (Å²) in [5, 5.41) is 4.80. The Hall–Kier alpha value is -3.44. The summed E-state index contributed by atoms with van der Waals surface area (Å²) < 4.78 is 7.82. The SMILES string of the molecule is COc1ccc(C(=O)C=Cc2cn(-c3ccccc3)nc2-c2ccc(C)cc2)cc1Br. The van der Waals surface area contributed by atoms with Crippen LogP contribution < -0.4 is 4.74 Å². The molecular formula is C26H21BrN2O2. The number of methoxy groups -OCH3 is 1. The Bertz CT molecular complexity index is 1240. The molecule has 0 bridgehead atoms. The summed E-state index contributed by atoms with van der Waals surface area (Å²) in [6.45, 7) is 2.05.